The van der Waals surface area contributed by atoms with Gasteiger partial charge in [-0.1, -0.05) is 19.9 Å². The zero-order chi connectivity index (χ0) is 35.4. The Bertz CT molecular complexity index is 1540. The number of carbonyl (C=O) groups is 6. The molecule has 1 saturated heterocycles. The van der Waals surface area contributed by atoms with Gasteiger partial charge in [-0.3, -0.25) is 29.0 Å². The zero-order valence-corrected chi connectivity index (χ0v) is 28.5. The number of hydrogen-bond acceptors (Lipinski definition) is 13. The fourth-order valence-corrected chi connectivity index (χ4v) is 9.03. The summed E-state index contributed by atoms with van der Waals surface area (Å²) in [6, 6.07) is 3.07. The van der Waals surface area contributed by atoms with Crippen molar-refractivity contribution < 1.29 is 57.2 Å². The Morgan fingerprint density at radius 3 is 2.33 bits per heavy atom. The molecule has 3 fully saturated rings. The molecular formula is C35H43NO12. The van der Waals surface area contributed by atoms with Crippen molar-refractivity contribution in [1.29, 1.82) is 0 Å². The van der Waals surface area contributed by atoms with Gasteiger partial charge in [0.05, 0.1) is 18.1 Å². The van der Waals surface area contributed by atoms with E-state index in [1.54, 1.807) is 46.8 Å². The first-order chi connectivity index (χ1) is 22.4. The lowest BCUT2D eigenvalue weighted by molar-refractivity contribution is -0.235. The molecule has 1 aliphatic heterocycles. The highest BCUT2D eigenvalue weighted by Crippen LogP contribution is 2.68. The molecule has 5 rings (SSSR count). The SMILES string of the molecule is CCC(=O)OC1C(C)CC2(OC(C)=O)C1C(OC(C)=O)C13COC(C)(C2OC(=O)c2cccnc2)C1C(C(C)(C)OC(C)=O)C=CC3=O. The van der Waals surface area contributed by atoms with E-state index in [9.17, 15) is 28.8 Å². The molecule has 13 nitrogen and oxygen atoms in total. The second-order valence-electron chi connectivity index (χ2n) is 14.1. The van der Waals surface area contributed by atoms with Crippen molar-refractivity contribution in [3.05, 3.63) is 42.2 Å². The van der Waals surface area contributed by atoms with Gasteiger partial charge in [0.15, 0.2) is 17.5 Å². The van der Waals surface area contributed by atoms with E-state index in [1.165, 1.54) is 45.3 Å². The summed E-state index contributed by atoms with van der Waals surface area (Å²) in [5.74, 6) is -7.37. The number of aromatic nitrogens is 1. The average molecular weight is 670 g/mol. The number of carbonyl (C=O) groups excluding carboxylic acids is 6. The van der Waals surface area contributed by atoms with Gasteiger partial charge in [-0.25, -0.2) is 4.79 Å². The zero-order valence-electron chi connectivity index (χ0n) is 28.5. The van der Waals surface area contributed by atoms with Crippen LogP contribution in [0.5, 0.6) is 0 Å². The maximum Gasteiger partial charge on any atom is 0.340 e. The van der Waals surface area contributed by atoms with Gasteiger partial charge in [0, 0.05) is 51.4 Å². The maximum absolute atomic E-state index is 14.5. The van der Waals surface area contributed by atoms with E-state index in [-0.39, 0.29) is 25.0 Å². The van der Waals surface area contributed by atoms with Crippen LogP contribution in [0.3, 0.4) is 0 Å². The molecule has 10 unspecified atom stereocenters. The standard InChI is InChI=1S/C35H43NO12/c1-9-25(41)45-27-18(2)15-35(48-21(5)39)26(27)29(44-19(3)37)34-17-43-33(8,31(35)46-30(42)22-11-10-14-36-16-22)28(34)23(12-13-24(34)40)32(6,7)47-20(4)38/h10-14,16,18,23,26-29,31H,9,15,17H2,1-8H3. The Balaban J connectivity index is 1.87. The van der Waals surface area contributed by atoms with E-state index in [0.29, 0.717) is 0 Å². The maximum atomic E-state index is 14.5. The number of hydrogen-bond donors (Lipinski definition) is 0. The monoisotopic (exact) mass is 669 g/mol. The number of pyridine rings is 1. The Hall–Kier alpha value is -4.13. The fourth-order valence-electron chi connectivity index (χ4n) is 9.03. The van der Waals surface area contributed by atoms with Crippen LogP contribution >= 0.6 is 0 Å². The van der Waals surface area contributed by atoms with Crippen LogP contribution in [-0.4, -0.2) is 82.3 Å². The van der Waals surface area contributed by atoms with Crippen LogP contribution in [-0.2, 0) is 52.4 Å². The van der Waals surface area contributed by atoms with E-state index < -0.39 is 99.8 Å². The molecular weight excluding hydrogens is 626 g/mol. The van der Waals surface area contributed by atoms with Crippen molar-refractivity contribution in [2.45, 2.75) is 103 Å². The van der Waals surface area contributed by atoms with E-state index in [4.69, 9.17) is 28.4 Å². The Morgan fingerprint density at radius 1 is 1.04 bits per heavy atom. The summed E-state index contributed by atoms with van der Waals surface area (Å²) in [5.41, 5.74) is -6.31. The molecule has 4 aliphatic rings. The molecule has 0 N–H and O–H groups in total. The molecule has 1 aromatic rings. The number of nitrogens with zero attached hydrogens (tertiary/aromatic N) is 1. The van der Waals surface area contributed by atoms with Gasteiger partial charge >= 0.3 is 29.8 Å². The van der Waals surface area contributed by atoms with Crippen LogP contribution in [0.2, 0.25) is 0 Å². The summed E-state index contributed by atoms with van der Waals surface area (Å²) in [7, 11) is 0. The topological polar surface area (TPSA) is 171 Å². The molecule has 2 saturated carbocycles. The average Bonchev–Trinajstić information content (AvgIpc) is 3.44. The van der Waals surface area contributed by atoms with Gasteiger partial charge in [0.2, 0.25) is 0 Å². The molecule has 0 radical (unpaired) electrons. The third-order valence-electron chi connectivity index (χ3n) is 10.5. The van der Waals surface area contributed by atoms with Crippen molar-refractivity contribution in [2.24, 2.45) is 29.1 Å². The van der Waals surface area contributed by atoms with Crippen molar-refractivity contribution in [3.8, 4) is 0 Å². The molecule has 260 valence electrons. The second-order valence-corrected chi connectivity index (χ2v) is 14.1. The second kappa shape index (κ2) is 12.4. The van der Waals surface area contributed by atoms with Gasteiger partial charge in [-0.05, 0) is 51.3 Å². The molecule has 1 aromatic heterocycles. The predicted molar refractivity (Wildman–Crippen MR) is 165 cm³/mol. The molecule has 2 heterocycles. The minimum Gasteiger partial charge on any atom is -0.461 e. The van der Waals surface area contributed by atoms with Crippen LogP contribution in [0, 0.1) is 29.1 Å². The van der Waals surface area contributed by atoms with E-state index in [0.717, 1.165) is 0 Å². The van der Waals surface area contributed by atoms with Crippen LogP contribution in [0.25, 0.3) is 0 Å². The normalized spacial score (nSPS) is 36.6. The first-order valence-electron chi connectivity index (χ1n) is 16.2. The minimum absolute atomic E-state index is 0.0109. The molecule has 3 aliphatic carbocycles. The molecule has 13 heteroatoms. The summed E-state index contributed by atoms with van der Waals surface area (Å²) in [4.78, 5) is 84.0. The van der Waals surface area contributed by atoms with Crippen molar-refractivity contribution in [2.75, 3.05) is 6.61 Å². The highest BCUT2D eigenvalue weighted by atomic mass is 16.6. The quantitative estimate of drug-likeness (QED) is 0.292. The first kappa shape index (κ1) is 35.2. The third kappa shape index (κ3) is 5.49. The van der Waals surface area contributed by atoms with Crippen LogP contribution in [0.1, 0.15) is 78.6 Å². The van der Waals surface area contributed by atoms with Crippen molar-refractivity contribution in [1.82, 2.24) is 4.98 Å². The van der Waals surface area contributed by atoms with Gasteiger partial charge < -0.3 is 28.4 Å². The number of ketones is 1. The largest absolute Gasteiger partial charge is 0.461 e. The minimum atomic E-state index is -1.84. The Morgan fingerprint density at radius 2 is 1.75 bits per heavy atom. The highest BCUT2D eigenvalue weighted by molar-refractivity contribution is 5.98. The summed E-state index contributed by atoms with van der Waals surface area (Å²) >= 11 is 0. The predicted octanol–water partition coefficient (Wildman–Crippen LogP) is 3.32. The molecule has 48 heavy (non-hydrogen) atoms. The summed E-state index contributed by atoms with van der Waals surface area (Å²) < 4.78 is 37.4. The number of rotatable bonds is 8. The number of ether oxygens (including phenoxy) is 6. The van der Waals surface area contributed by atoms with E-state index >= 15 is 0 Å². The summed E-state index contributed by atoms with van der Waals surface area (Å²) in [6.07, 6.45) is 1.90. The lowest BCUT2D eigenvalue weighted by Crippen LogP contribution is -2.64. The van der Waals surface area contributed by atoms with Gasteiger partial charge in [-0.2, -0.15) is 0 Å². The third-order valence-corrected chi connectivity index (χ3v) is 10.5. The number of esters is 5. The number of allylic oxidation sites excluding steroid dienone is 1. The lowest BCUT2D eigenvalue weighted by atomic mass is 9.54. The fraction of sp³-hybridized carbons (Fsp3) is 0.629. The van der Waals surface area contributed by atoms with Crippen molar-refractivity contribution in [3.63, 3.8) is 0 Å². The Kier molecular flexibility index (Phi) is 9.09. The lowest BCUT2D eigenvalue weighted by Gasteiger charge is -2.50. The van der Waals surface area contributed by atoms with E-state index in [2.05, 4.69) is 4.98 Å². The van der Waals surface area contributed by atoms with Crippen LogP contribution in [0.15, 0.2) is 36.7 Å². The summed E-state index contributed by atoms with van der Waals surface area (Å²) in [6.45, 7) is 11.8. The molecule has 0 amide bonds. The molecule has 0 spiro atoms. The van der Waals surface area contributed by atoms with Gasteiger partial charge in [-0.15, -0.1) is 0 Å². The molecule has 10 atom stereocenters. The molecule has 2 bridgehead atoms. The number of fused-ring (bicyclic) bond motifs is 1. The van der Waals surface area contributed by atoms with Crippen LogP contribution in [0.4, 0.5) is 0 Å². The van der Waals surface area contributed by atoms with Crippen LogP contribution < -0.4 is 0 Å². The molecule has 0 aromatic carbocycles. The van der Waals surface area contributed by atoms with Gasteiger partial charge in [0.1, 0.15) is 28.8 Å². The Labute approximate surface area is 279 Å². The first-order valence-corrected chi connectivity index (χ1v) is 16.2. The highest BCUT2D eigenvalue weighted by Gasteiger charge is 2.82. The van der Waals surface area contributed by atoms with E-state index in [1.807, 2.05) is 0 Å². The summed E-state index contributed by atoms with van der Waals surface area (Å²) in [5, 5.41) is 0. The smallest absolute Gasteiger partial charge is 0.340 e. The van der Waals surface area contributed by atoms with Gasteiger partial charge in [0.25, 0.3) is 0 Å². The van der Waals surface area contributed by atoms with Crippen molar-refractivity contribution >= 4 is 35.6 Å².